The summed E-state index contributed by atoms with van der Waals surface area (Å²) in [5.74, 6) is -0.120. The van der Waals surface area contributed by atoms with Crippen LogP contribution in [0.15, 0.2) is 71.5 Å². The Morgan fingerprint density at radius 2 is 1.41 bits per heavy atom. The van der Waals surface area contributed by atoms with Gasteiger partial charge in [-0.2, -0.15) is 26.3 Å². The van der Waals surface area contributed by atoms with Crippen molar-refractivity contribution < 1.29 is 35.9 Å². The Morgan fingerprint density at radius 3 is 1.97 bits per heavy atom. The van der Waals surface area contributed by atoms with Crippen LogP contribution in [0.4, 0.5) is 31.1 Å². The van der Waals surface area contributed by atoms with Gasteiger partial charge in [0.2, 0.25) is 5.88 Å². The molecule has 0 unspecified atom stereocenters. The number of ether oxygens (including phenoxy) is 1. The van der Waals surface area contributed by atoms with E-state index in [0.29, 0.717) is 34.0 Å². The van der Waals surface area contributed by atoms with Crippen LogP contribution in [0.25, 0.3) is 21.9 Å². The fraction of sp³-hybridized carbons (Fsp3) is 0.214. The number of fused-ring (bicyclic) bond motifs is 1. The van der Waals surface area contributed by atoms with Crippen LogP contribution in [0.2, 0.25) is 0 Å². The van der Waals surface area contributed by atoms with Crippen LogP contribution in [-0.4, -0.2) is 22.6 Å². The van der Waals surface area contributed by atoms with E-state index in [-0.39, 0.29) is 11.9 Å². The van der Waals surface area contributed by atoms with Gasteiger partial charge in [-0.3, -0.25) is 9.36 Å². The SMILES string of the molecule is Cc1ccccc1-c1c(OC(=O)N(C)Cc2cc(C(F)(F)F)cc(C(F)(F)F)c2)n(C)c(=O)c2ccccc12. The van der Waals surface area contributed by atoms with Gasteiger partial charge >= 0.3 is 18.4 Å². The Kier molecular flexibility index (Phi) is 7.20. The summed E-state index contributed by atoms with van der Waals surface area (Å²) in [6, 6.07) is 15.0. The Balaban J connectivity index is 1.76. The van der Waals surface area contributed by atoms with Crippen LogP contribution < -0.4 is 10.3 Å². The molecular formula is C28H22F6N2O3. The van der Waals surface area contributed by atoms with E-state index in [1.54, 1.807) is 36.4 Å². The summed E-state index contributed by atoms with van der Waals surface area (Å²) in [7, 11) is 2.57. The van der Waals surface area contributed by atoms with Crippen molar-refractivity contribution in [2.45, 2.75) is 25.8 Å². The number of carbonyl (C=O) groups is 1. The van der Waals surface area contributed by atoms with Gasteiger partial charge in [0, 0.05) is 31.4 Å². The number of nitrogens with zero attached hydrogens (tertiary/aromatic N) is 2. The Labute approximate surface area is 218 Å². The molecule has 0 atom stereocenters. The second-order valence-electron chi connectivity index (χ2n) is 9.04. The number of hydrogen-bond donors (Lipinski definition) is 0. The zero-order valence-corrected chi connectivity index (χ0v) is 20.9. The molecule has 1 amide bonds. The van der Waals surface area contributed by atoms with Crippen molar-refractivity contribution in [2.24, 2.45) is 7.05 Å². The highest BCUT2D eigenvalue weighted by Gasteiger charge is 2.37. The van der Waals surface area contributed by atoms with Crippen molar-refractivity contribution in [3.05, 3.63) is 99.3 Å². The second kappa shape index (κ2) is 10.1. The third-order valence-corrected chi connectivity index (χ3v) is 6.23. The zero-order chi connectivity index (χ0) is 28.7. The molecule has 0 saturated heterocycles. The van der Waals surface area contributed by atoms with Gasteiger partial charge in [0.1, 0.15) is 0 Å². The lowest BCUT2D eigenvalue weighted by Gasteiger charge is -2.22. The van der Waals surface area contributed by atoms with Crippen LogP contribution in [0.3, 0.4) is 0 Å². The van der Waals surface area contributed by atoms with E-state index in [0.717, 1.165) is 15.0 Å². The quantitative estimate of drug-likeness (QED) is 0.254. The molecule has 1 aromatic heterocycles. The molecular weight excluding hydrogens is 526 g/mol. The first-order valence-corrected chi connectivity index (χ1v) is 11.6. The van der Waals surface area contributed by atoms with Crippen LogP contribution in [0, 0.1) is 6.92 Å². The standard InChI is InChI=1S/C28H22F6N2O3/c1-16-8-4-5-9-20(16)23-21-10-6-7-11-22(21)24(37)36(3)25(23)39-26(38)35(2)15-17-12-18(27(29,30)31)14-19(13-17)28(32,33)34/h4-14H,15H2,1-3H3. The molecule has 5 nitrogen and oxygen atoms in total. The van der Waals surface area contributed by atoms with Crippen molar-refractivity contribution >= 4 is 16.9 Å². The highest BCUT2D eigenvalue weighted by Crippen LogP contribution is 2.38. The van der Waals surface area contributed by atoms with Gasteiger partial charge in [-0.15, -0.1) is 0 Å². The lowest BCUT2D eigenvalue weighted by atomic mass is 9.96. The molecule has 1 heterocycles. The molecule has 4 rings (SSSR count). The summed E-state index contributed by atoms with van der Waals surface area (Å²) in [4.78, 5) is 27.0. The number of benzene rings is 3. The third-order valence-electron chi connectivity index (χ3n) is 6.23. The van der Waals surface area contributed by atoms with Crippen molar-refractivity contribution in [3.63, 3.8) is 0 Å². The van der Waals surface area contributed by atoms with Crippen molar-refractivity contribution in [1.29, 1.82) is 0 Å². The number of aromatic nitrogens is 1. The van der Waals surface area contributed by atoms with E-state index < -0.39 is 47.2 Å². The highest BCUT2D eigenvalue weighted by molar-refractivity contribution is 6.00. The molecule has 0 aliphatic heterocycles. The predicted molar refractivity (Wildman–Crippen MR) is 133 cm³/mol. The van der Waals surface area contributed by atoms with E-state index in [2.05, 4.69) is 0 Å². The van der Waals surface area contributed by atoms with E-state index in [1.165, 1.54) is 14.1 Å². The van der Waals surface area contributed by atoms with E-state index in [9.17, 15) is 35.9 Å². The number of halogens is 6. The lowest BCUT2D eigenvalue weighted by Crippen LogP contribution is -2.32. The smallest absolute Gasteiger partial charge is 0.392 e. The molecule has 0 aliphatic carbocycles. The molecule has 0 saturated carbocycles. The summed E-state index contributed by atoms with van der Waals surface area (Å²) in [6.07, 6.45) is -11.1. The molecule has 0 aliphatic rings. The zero-order valence-electron chi connectivity index (χ0n) is 20.9. The minimum Gasteiger partial charge on any atom is -0.392 e. The minimum atomic E-state index is -5.03. The van der Waals surface area contributed by atoms with Crippen molar-refractivity contribution in [3.8, 4) is 17.0 Å². The average molecular weight is 548 g/mol. The van der Waals surface area contributed by atoms with E-state index in [1.807, 2.05) is 19.1 Å². The second-order valence-corrected chi connectivity index (χ2v) is 9.04. The summed E-state index contributed by atoms with van der Waals surface area (Å²) in [5, 5.41) is 0.878. The summed E-state index contributed by atoms with van der Waals surface area (Å²) in [5.41, 5.74) is -1.92. The van der Waals surface area contributed by atoms with Crippen LogP contribution in [0.5, 0.6) is 5.88 Å². The van der Waals surface area contributed by atoms with E-state index in [4.69, 9.17) is 4.74 Å². The van der Waals surface area contributed by atoms with E-state index >= 15 is 0 Å². The third kappa shape index (κ3) is 5.62. The number of carbonyl (C=O) groups excluding carboxylic acids is 1. The predicted octanol–water partition coefficient (Wildman–Crippen LogP) is 7.18. The first kappa shape index (κ1) is 27.7. The fourth-order valence-electron chi connectivity index (χ4n) is 4.29. The molecule has 0 bridgehead atoms. The average Bonchev–Trinajstić information content (AvgIpc) is 2.86. The molecule has 4 aromatic rings. The Hall–Kier alpha value is -4.28. The normalized spacial score (nSPS) is 12.0. The largest absolute Gasteiger partial charge is 0.416 e. The first-order chi connectivity index (χ1) is 18.2. The number of aryl methyl sites for hydroxylation is 1. The Morgan fingerprint density at radius 1 is 0.872 bits per heavy atom. The monoisotopic (exact) mass is 548 g/mol. The van der Waals surface area contributed by atoms with Gasteiger partial charge in [0.05, 0.1) is 16.7 Å². The molecule has 11 heteroatoms. The van der Waals surface area contributed by atoms with Gasteiger partial charge in [-0.1, -0.05) is 42.5 Å². The number of alkyl halides is 6. The first-order valence-electron chi connectivity index (χ1n) is 11.6. The Bertz CT molecular complexity index is 1590. The van der Waals surface area contributed by atoms with Gasteiger partial charge in [-0.25, -0.2) is 4.79 Å². The molecule has 204 valence electrons. The maximum Gasteiger partial charge on any atom is 0.416 e. The summed E-state index contributed by atoms with van der Waals surface area (Å²) in [6.45, 7) is 1.21. The highest BCUT2D eigenvalue weighted by atomic mass is 19.4. The lowest BCUT2D eigenvalue weighted by molar-refractivity contribution is -0.143. The molecule has 0 spiro atoms. The molecule has 39 heavy (non-hydrogen) atoms. The molecule has 0 N–H and O–H groups in total. The van der Waals surface area contributed by atoms with Crippen LogP contribution in [-0.2, 0) is 25.9 Å². The van der Waals surface area contributed by atoms with Gasteiger partial charge in [0.25, 0.3) is 5.56 Å². The number of pyridine rings is 1. The van der Waals surface area contributed by atoms with Crippen LogP contribution >= 0.6 is 0 Å². The molecule has 0 radical (unpaired) electrons. The van der Waals surface area contributed by atoms with Crippen molar-refractivity contribution in [1.82, 2.24) is 9.47 Å². The summed E-state index contributed by atoms with van der Waals surface area (Å²) >= 11 is 0. The summed E-state index contributed by atoms with van der Waals surface area (Å²) < 4.78 is 86.3. The number of hydrogen-bond acceptors (Lipinski definition) is 3. The number of rotatable bonds is 4. The van der Waals surface area contributed by atoms with Gasteiger partial charge < -0.3 is 9.64 Å². The van der Waals surface area contributed by atoms with Crippen molar-refractivity contribution in [2.75, 3.05) is 7.05 Å². The van der Waals surface area contributed by atoms with Gasteiger partial charge in [-0.05, 0) is 47.9 Å². The van der Waals surface area contributed by atoms with Gasteiger partial charge in [0.15, 0.2) is 0 Å². The maximum absolute atomic E-state index is 13.3. The fourth-order valence-corrected chi connectivity index (χ4v) is 4.29. The maximum atomic E-state index is 13.3. The minimum absolute atomic E-state index is 0.0150. The molecule has 3 aromatic carbocycles. The van der Waals surface area contributed by atoms with Crippen LogP contribution in [0.1, 0.15) is 22.3 Å². The number of amides is 1. The topological polar surface area (TPSA) is 51.5 Å². The molecule has 0 fully saturated rings.